The molecule has 9 heteroatoms. The van der Waals surface area contributed by atoms with Crippen LogP contribution in [0.5, 0.6) is 11.5 Å². The fraction of sp³-hybridized carbons (Fsp3) is 0.125. The summed E-state index contributed by atoms with van der Waals surface area (Å²) < 4.78 is 49.5. The molecule has 1 N–H and O–H groups in total. The normalized spacial score (nSPS) is 11.1. The van der Waals surface area contributed by atoms with Gasteiger partial charge in [-0.2, -0.15) is 23.5 Å². The Hall–Kier alpha value is -4.32. The van der Waals surface area contributed by atoms with Crippen molar-refractivity contribution in [3.05, 3.63) is 94.5 Å². The van der Waals surface area contributed by atoms with Gasteiger partial charge in [-0.05, 0) is 48.0 Å². The monoisotopic (exact) mass is 453 g/mol. The van der Waals surface area contributed by atoms with Crippen LogP contribution < -0.4 is 14.9 Å². The minimum atomic E-state index is -4.55. The summed E-state index contributed by atoms with van der Waals surface area (Å²) in [5.74, 6) is 0.0633. The molecule has 0 spiro atoms. The zero-order chi connectivity index (χ0) is 23.8. The molecule has 168 valence electrons. The van der Waals surface area contributed by atoms with Crippen molar-refractivity contribution in [1.82, 2.24) is 5.43 Å². The van der Waals surface area contributed by atoms with Gasteiger partial charge in [-0.3, -0.25) is 4.79 Å². The lowest BCUT2D eigenvalue weighted by Crippen LogP contribution is -2.18. The molecule has 3 rings (SSSR count). The summed E-state index contributed by atoms with van der Waals surface area (Å²) in [7, 11) is 1.46. The molecule has 0 atom stereocenters. The second-order valence-electron chi connectivity index (χ2n) is 6.75. The summed E-state index contributed by atoms with van der Waals surface area (Å²) in [5.41, 5.74) is 2.91. The van der Waals surface area contributed by atoms with Gasteiger partial charge in [0.1, 0.15) is 6.61 Å². The maximum absolute atomic E-state index is 12.8. The van der Waals surface area contributed by atoms with Crippen molar-refractivity contribution in [1.29, 1.82) is 5.26 Å². The molecule has 0 fully saturated rings. The quantitative estimate of drug-likeness (QED) is 0.406. The number of hydrogen-bond acceptors (Lipinski definition) is 5. The minimum Gasteiger partial charge on any atom is -0.493 e. The van der Waals surface area contributed by atoms with Gasteiger partial charge in [0.05, 0.1) is 30.5 Å². The zero-order valence-electron chi connectivity index (χ0n) is 17.4. The molecule has 0 bridgehead atoms. The van der Waals surface area contributed by atoms with Crippen LogP contribution in [0.4, 0.5) is 13.2 Å². The molecular formula is C24H18F3N3O3. The highest BCUT2D eigenvalue weighted by molar-refractivity contribution is 5.95. The summed E-state index contributed by atoms with van der Waals surface area (Å²) in [6.45, 7) is 0.167. The van der Waals surface area contributed by atoms with Gasteiger partial charge in [-0.15, -0.1) is 0 Å². The molecule has 0 aliphatic carbocycles. The van der Waals surface area contributed by atoms with Crippen LogP contribution in [0, 0.1) is 11.3 Å². The molecule has 0 aliphatic rings. The minimum absolute atomic E-state index is 0.166. The maximum Gasteiger partial charge on any atom is 0.416 e. The number of hydrazone groups is 1. The van der Waals surface area contributed by atoms with Crippen LogP contribution in [0.25, 0.3) is 0 Å². The van der Waals surface area contributed by atoms with Gasteiger partial charge in [0.15, 0.2) is 11.5 Å². The van der Waals surface area contributed by atoms with E-state index in [2.05, 4.69) is 16.6 Å². The summed E-state index contributed by atoms with van der Waals surface area (Å²) in [4.78, 5) is 12.1. The highest BCUT2D eigenvalue weighted by Gasteiger charge is 2.30. The van der Waals surface area contributed by atoms with E-state index in [1.54, 1.807) is 36.4 Å². The van der Waals surface area contributed by atoms with E-state index in [0.717, 1.165) is 23.8 Å². The Labute approximate surface area is 187 Å². The molecule has 3 aromatic carbocycles. The molecule has 0 aromatic heterocycles. The Kier molecular flexibility index (Phi) is 7.31. The second kappa shape index (κ2) is 10.3. The molecule has 3 aromatic rings. The summed E-state index contributed by atoms with van der Waals surface area (Å²) in [6, 6.07) is 18.1. The lowest BCUT2D eigenvalue weighted by molar-refractivity contribution is -0.137. The summed E-state index contributed by atoms with van der Waals surface area (Å²) in [5, 5.41) is 13.0. The Morgan fingerprint density at radius 1 is 1.09 bits per heavy atom. The number of nitrogens with one attached hydrogen (secondary N) is 1. The molecule has 0 saturated carbocycles. The number of amides is 1. The predicted octanol–water partition coefficient (Wildman–Crippen LogP) is 4.93. The summed E-state index contributed by atoms with van der Waals surface area (Å²) >= 11 is 0. The molecule has 1 amide bonds. The largest absolute Gasteiger partial charge is 0.493 e. The first-order valence-electron chi connectivity index (χ1n) is 9.61. The van der Waals surface area contributed by atoms with Crippen molar-refractivity contribution in [3.8, 4) is 17.6 Å². The number of carbonyl (C=O) groups is 1. The van der Waals surface area contributed by atoms with Gasteiger partial charge in [-0.1, -0.05) is 24.3 Å². The Morgan fingerprint density at radius 3 is 2.61 bits per heavy atom. The molecule has 0 unspecified atom stereocenters. The van der Waals surface area contributed by atoms with Crippen molar-refractivity contribution in [3.63, 3.8) is 0 Å². The smallest absolute Gasteiger partial charge is 0.416 e. The summed E-state index contributed by atoms with van der Waals surface area (Å²) in [6.07, 6.45) is -3.22. The number of halogens is 3. The Balaban J connectivity index is 1.66. The number of benzene rings is 3. The van der Waals surface area contributed by atoms with Gasteiger partial charge in [0.2, 0.25) is 0 Å². The van der Waals surface area contributed by atoms with E-state index in [-0.39, 0.29) is 12.2 Å². The third kappa shape index (κ3) is 6.11. The third-order valence-corrected chi connectivity index (χ3v) is 4.54. The van der Waals surface area contributed by atoms with Crippen LogP contribution in [0.1, 0.15) is 32.6 Å². The Morgan fingerprint density at radius 2 is 1.88 bits per heavy atom. The van der Waals surface area contributed by atoms with E-state index in [1.165, 1.54) is 19.4 Å². The molecule has 0 aliphatic heterocycles. The SMILES string of the molecule is COc1cc(/C=N\NC(=O)c2cccc(C(F)(F)F)c2)ccc1OCc1ccccc1C#N. The number of nitrogens with zero attached hydrogens (tertiary/aromatic N) is 2. The zero-order valence-corrected chi connectivity index (χ0v) is 17.4. The van der Waals surface area contributed by atoms with Crippen LogP contribution in [-0.2, 0) is 12.8 Å². The fourth-order valence-electron chi connectivity index (χ4n) is 2.86. The topological polar surface area (TPSA) is 83.7 Å². The maximum atomic E-state index is 12.8. The van der Waals surface area contributed by atoms with Crippen molar-refractivity contribution in [2.45, 2.75) is 12.8 Å². The number of nitriles is 1. The van der Waals surface area contributed by atoms with Crippen LogP contribution in [0.15, 0.2) is 71.8 Å². The van der Waals surface area contributed by atoms with Crippen molar-refractivity contribution >= 4 is 12.1 Å². The Bertz CT molecular complexity index is 1220. The van der Waals surface area contributed by atoms with Crippen LogP contribution in [-0.4, -0.2) is 19.2 Å². The number of alkyl halides is 3. The second-order valence-corrected chi connectivity index (χ2v) is 6.75. The first kappa shape index (κ1) is 23.3. The number of methoxy groups -OCH3 is 1. The molecular weight excluding hydrogens is 435 g/mol. The van der Waals surface area contributed by atoms with E-state index >= 15 is 0 Å². The highest BCUT2D eigenvalue weighted by Crippen LogP contribution is 2.30. The highest BCUT2D eigenvalue weighted by atomic mass is 19.4. The average Bonchev–Trinajstić information content (AvgIpc) is 2.82. The molecule has 0 heterocycles. The van der Waals surface area contributed by atoms with Gasteiger partial charge < -0.3 is 9.47 Å². The molecule has 0 saturated heterocycles. The number of rotatable bonds is 7. The van der Waals surface area contributed by atoms with Crippen LogP contribution in [0.3, 0.4) is 0 Å². The van der Waals surface area contributed by atoms with Gasteiger partial charge in [0, 0.05) is 11.1 Å². The number of ether oxygens (including phenoxy) is 2. The molecule has 33 heavy (non-hydrogen) atoms. The van der Waals surface area contributed by atoms with Crippen LogP contribution in [0.2, 0.25) is 0 Å². The number of carbonyl (C=O) groups excluding carboxylic acids is 1. The predicted molar refractivity (Wildman–Crippen MR) is 115 cm³/mol. The van der Waals surface area contributed by atoms with E-state index in [4.69, 9.17) is 9.47 Å². The first-order valence-corrected chi connectivity index (χ1v) is 9.61. The van der Waals surface area contributed by atoms with Gasteiger partial charge in [-0.25, -0.2) is 5.43 Å². The fourth-order valence-corrected chi connectivity index (χ4v) is 2.86. The van der Waals surface area contributed by atoms with E-state index in [0.29, 0.717) is 22.6 Å². The van der Waals surface area contributed by atoms with E-state index in [1.807, 2.05) is 6.07 Å². The van der Waals surface area contributed by atoms with E-state index in [9.17, 15) is 23.2 Å². The van der Waals surface area contributed by atoms with Crippen molar-refractivity contribution in [2.75, 3.05) is 7.11 Å². The standard InChI is InChI=1S/C24H18F3N3O3/c1-32-22-11-16(9-10-21(22)33-15-19-6-3-2-5-18(19)13-28)14-29-30-23(31)17-7-4-8-20(12-17)24(25,26)27/h2-12,14H,15H2,1H3,(H,30,31)/b29-14-. The average molecular weight is 453 g/mol. The van der Waals surface area contributed by atoms with Crippen molar-refractivity contribution in [2.24, 2.45) is 5.10 Å². The lowest BCUT2D eigenvalue weighted by Gasteiger charge is -2.12. The van der Waals surface area contributed by atoms with Crippen LogP contribution >= 0.6 is 0 Å². The van der Waals surface area contributed by atoms with E-state index < -0.39 is 17.6 Å². The lowest BCUT2D eigenvalue weighted by atomic mass is 10.1. The first-order chi connectivity index (χ1) is 15.8. The van der Waals surface area contributed by atoms with Gasteiger partial charge >= 0.3 is 6.18 Å². The third-order valence-electron chi connectivity index (χ3n) is 4.54. The molecule has 6 nitrogen and oxygen atoms in total. The van der Waals surface area contributed by atoms with Crippen molar-refractivity contribution < 1.29 is 27.4 Å². The van der Waals surface area contributed by atoms with Gasteiger partial charge in [0.25, 0.3) is 5.91 Å². The number of hydrogen-bond donors (Lipinski definition) is 1. The molecule has 0 radical (unpaired) electrons.